The zero-order chi connectivity index (χ0) is 13.0. The molecule has 1 heterocycles. The number of hydrogen-bond acceptors (Lipinski definition) is 2. The molecular weight excluding hydrogens is 229 g/mol. The van der Waals surface area contributed by atoms with Gasteiger partial charge in [0.15, 0.2) is 0 Å². The van der Waals surface area contributed by atoms with E-state index < -0.39 is 0 Å². The standard InChI is InChI=1S/C15H22FNO/c1-3-17-14-7-8-18-15(2,11-14)10-12-5-4-6-13(16)9-12/h4-6,9,14,17H,3,7-8,10-11H2,1-2H3. The molecule has 18 heavy (non-hydrogen) atoms. The Labute approximate surface area is 109 Å². The Kier molecular flexibility index (Phi) is 4.36. The summed E-state index contributed by atoms with van der Waals surface area (Å²) < 4.78 is 19.1. The normalized spacial score (nSPS) is 28.3. The lowest BCUT2D eigenvalue weighted by molar-refractivity contribution is -0.0751. The SMILES string of the molecule is CCNC1CCOC(C)(Cc2cccc(F)c2)C1. The van der Waals surface area contributed by atoms with Crippen molar-refractivity contribution in [2.75, 3.05) is 13.2 Å². The molecular formula is C15H22FNO. The van der Waals surface area contributed by atoms with Gasteiger partial charge in [-0.15, -0.1) is 0 Å². The summed E-state index contributed by atoms with van der Waals surface area (Å²) in [4.78, 5) is 0. The van der Waals surface area contributed by atoms with E-state index in [-0.39, 0.29) is 11.4 Å². The summed E-state index contributed by atoms with van der Waals surface area (Å²) in [5.74, 6) is -0.171. The maximum absolute atomic E-state index is 13.2. The van der Waals surface area contributed by atoms with Crippen LogP contribution in [0.3, 0.4) is 0 Å². The van der Waals surface area contributed by atoms with Gasteiger partial charge in [0.2, 0.25) is 0 Å². The van der Waals surface area contributed by atoms with Crippen molar-refractivity contribution in [1.82, 2.24) is 5.32 Å². The van der Waals surface area contributed by atoms with Crippen LogP contribution < -0.4 is 5.32 Å². The molecule has 3 heteroatoms. The third kappa shape index (κ3) is 3.53. The van der Waals surface area contributed by atoms with Crippen LogP contribution in [0.4, 0.5) is 4.39 Å². The maximum Gasteiger partial charge on any atom is 0.123 e. The lowest BCUT2D eigenvalue weighted by Crippen LogP contribution is -2.46. The second-order valence-corrected chi connectivity index (χ2v) is 5.35. The molecule has 1 fully saturated rings. The molecule has 1 aliphatic heterocycles. The molecule has 1 saturated heterocycles. The van der Waals surface area contributed by atoms with Crippen molar-refractivity contribution in [2.24, 2.45) is 0 Å². The lowest BCUT2D eigenvalue weighted by Gasteiger charge is -2.38. The van der Waals surface area contributed by atoms with Gasteiger partial charge in [-0.1, -0.05) is 19.1 Å². The summed E-state index contributed by atoms with van der Waals surface area (Å²) in [6.45, 7) is 6.02. The smallest absolute Gasteiger partial charge is 0.123 e. The molecule has 1 aromatic rings. The minimum atomic E-state index is -0.182. The van der Waals surface area contributed by atoms with E-state index in [1.54, 1.807) is 12.1 Å². The third-order valence-electron chi connectivity index (χ3n) is 3.55. The highest BCUT2D eigenvalue weighted by Gasteiger charge is 2.33. The maximum atomic E-state index is 13.2. The van der Waals surface area contributed by atoms with Gasteiger partial charge in [0.25, 0.3) is 0 Å². The first-order chi connectivity index (χ1) is 8.61. The first-order valence-corrected chi connectivity index (χ1v) is 6.73. The fraction of sp³-hybridized carbons (Fsp3) is 0.600. The Morgan fingerprint density at radius 1 is 1.50 bits per heavy atom. The first-order valence-electron chi connectivity index (χ1n) is 6.73. The Morgan fingerprint density at radius 2 is 2.33 bits per heavy atom. The highest BCUT2D eigenvalue weighted by molar-refractivity contribution is 5.18. The van der Waals surface area contributed by atoms with Gasteiger partial charge in [0.1, 0.15) is 5.82 Å². The topological polar surface area (TPSA) is 21.3 Å². The van der Waals surface area contributed by atoms with E-state index in [2.05, 4.69) is 19.2 Å². The fourth-order valence-electron chi connectivity index (χ4n) is 2.79. The highest BCUT2D eigenvalue weighted by atomic mass is 19.1. The van der Waals surface area contributed by atoms with Gasteiger partial charge in [0.05, 0.1) is 5.60 Å². The van der Waals surface area contributed by atoms with Crippen LogP contribution in [0.1, 0.15) is 32.3 Å². The van der Waals surface area contributed by atoms with Crippen LogP contribution in [-0.4, -0.2) is 24.8 Å². The van der Waals surface area contributed by atoms with E-state index in [1.807, 2.05) is 6.07 Å². The average molecular weight is 251 g/mol. The van der Waals surface area contributed by atoms with Crippen molar-refractivity contribution >= 4 is 0 Å². The molecule has 0 aliphatic carbocycles. The summed E-state index contributed by atoms with van der Waals surface area (Å²) in [7, 11) is 0. The van der Waals surface area contributed by atoms with Crippen LogP contribution in [0.15, 0.2) is 24.3 Å². The number of hydrogen-bond donors (Lipinski definition) is 1. The summed E-state index contributed by atoms with van der Waals surface area (Å²) in [5.41, 5.74) is 0.827. The van der Waals surface area contributed by atoms with Crippen LogP contribution in [-0.2, 0) is 11.2 Å². The minimum Gasteiger partial charge on any atom is -0.375 e. The molecule has 2 rings (SSSR count). The first kappa shape index (κ1) is 13.5. The number of halogens is 1. The number of ether oxygens (including phenoxy) is 1. The zero-order valence-corrected chi connectivity index (χ0v) is 11.2. The van der Waals surface area contributed by atoms with Crippen LogP contribution in [0.25, 0.3) is 0 Å². The molecule has 2 unspecified atom stereocenters. The number of benzene rings is 1. The average Bonchev–Trinajstić information content (AvgIpc) is 2.28. The number of rotatable bonds is 4. The molecule has 0 spiro atoms. The quantitative estimate of drug-likeness (QED) is 0.888. The van der Waals surface area contributed by atoms with Crippen molar-refractivity contribution in [2.45, 2.75) is 44.8 Å². The second kappa shape index (κ2) is 5.81. The molecule has 0 amide bonds. The lowest BCUT2D eigenvalue weighted by atomic mass is 9.86. The zero-order valence-electron chi connectivity index (χ0n) is 11.2. The molecule has 0 aromatic heterocycles. The van der Waals surface area contributed by atoms with Crippen LogP contribution in [0.2, 0.25) is 0 Å². The molecule has 1 N–H and O–H groups in total. The molecule has 1 aliphatic rings. The van der Waals surface area contributed by atoms with Gasteiger partial charge in [0, 0.05) is 19.1 Å². The van der Waals surface area contributed by atoms with Crippen LogP contribution in [0, 0.1) is 5.82 Å². The molecule has 0 saturated carbocycles. The summed E-state index contributed by atoms with van der Waals surface area (Å²) >= 11 is 0. The third-order valence-corrected chi connectivity index (χ3v) is 3.55. The molecule has 2 nitrogen and oxygen atoms in total. The summed E-state index contributed by atoms with van der Waals surface area (Å²) in [5, 5.41) is 3.48. The van der Waals surface area contributed by atoms with Crippen molar-refractivity contribution in [1.29, 1.82) is 0 Å². The minimum absolute atomic E-state index is 0.171. The Bertz CT molecular complexity index is 394. The monoisotopic (exact) mass is 251 g/mol. The van der Waals surface area contributed by atoms with Crippen molar-refractivity contribution in [3.05, 3.63) is 35.6 Å². The molecule has 1 aromatic carbocycles. The van der Waals surface area contributed by atoms with E-state index in [1.165, 1.54) is 6.07 Å². The van der Waals surface area contributed by atoms with E-state index in [0.29, 0.717) is 6.04 Å². The Hall–Kier alpha value is -0.930. The largest absolute Gasteiger partial charge is 0.375 e. The Morgan fingerprint density at radius 3 is 3.06 bits per heavy atom. The van der Waals surface area contributed by atoms with Crippen LogP contribution >= 0.6 is 0 Å². The van der Waals surface area contributed by atoms with Crippen LogP contribution in [0.5, 0.6) is 0 Å². The molecule has 0 radical (unpaired) electrons. The summed E-state index contributed by atoms with van der Waals surface area (Å²) in [6.07, 6.45) is 2.82. The van der Waals surface area contributed by atoms with Crippen molar-refractivity contribution in [3.8, 4) is 0 Å². The van der Waals surface area contributed by atoms with Crippen molar-refractivity contribution < 1.29 is 9.13 Å². The van der Waals surface area contributed by atoms with E-state index in [4.69, 9.17) is 4.74 Å². The van der Waals surface area contributed by atoms with Crippen molar-refractivity contribution in [3.63, 3.8) is 0 Å². The van der Waals surface area contributed by atoms with E-state index in [0.717, 1.165) is 38.0 Å². The van der Waals surface area contributed by atoms with E-state index in [9.17, 15) is 4.39 Å². The van der Waals surface area contributed by atoms with Gasteiger partial charge in [-0.05, 0) is 44.0 Å². The van der Waals surface area contributed by atoms with Gasteiger partial charge in [-0.2, -0.15) is 0 Å². The van der Waals surface area contributed by atoms with Gasteiger partial charge >= 0.3 is 0 Å². The predicted octanol–water partition coefficient (Wildman–Crippen LogP) is 2.92. The van der Waals surface area contributed by atoms with Gasteiger partial charge in [-0.25, -0.2) is 4.39 Å². The Balaban J connectivity index is 2.02. The van der Waals surface area contributed by atoms with Gasteiger partial charge in [-0.3, -0.25) is 0 Å². The fourth-order valence-corrected chi connectivity index (χ4v) is 2.79. The molecule has 0 bridgehead atoms. The highest BCUT2D eigenvalue weighted by Crippen LogP contribution is 2.28. The van der Waals surface area contributed by atoms with Gasteiger partial charge < -0.3 is 10.1 Å². The number of nitrogens with one attached hydrogen (secondary N) is 1. The second-order valence-electron chi connectivity index (χ2n) is 5.35. The predicted molar refractivity (Wildman–Crippen MR) is 71.2 cm³/mol. The van der Waals surface area contributed by atoms with E-state index >= 15 is 0 Å². The molecule has 2 atom stereocenters. The molecule has 100 valence electrons. The summed E-state index contributed by atoms with van der Waals surface area (Å²) in [6, 6.07) is 7.33.